The Morgan fingerprint density at radius 2 is 1.65 bits per heavy atom. The molecule has 0 spiro atoms. The molecule has 0 saturated heterocycles. The minimum Gasteiger partial charge on any atom is -0.375 e. The molecular weight excluding hydrogens is 352 g/mol. The topological polar surface area (TPSA) is 41.1 Å². The van der Waals surface area contributed by atoms with Crippen LogP contribution < -0.4 is 10.6 Å². The van der Waals surface area contributed by atoms with E-state index in [0.29, 0.717) is 10.7 Å². The van der Waals surface area contributed by atoms with Crippen LogP contribution in [0.1, 0.15) is 5.56 Å². The van der Waals surface area contributed by atoms with E-state index in [0.717, 1.165) is 6.07 Å². The van der Waals surface area contributed by atoms with Crippen LogP contribution in [0.3, 0.4) is 0 Å². The molecule has 0 fully saturated rings. The maximum absolute atomic E-state index is 12.8. The molecular formula is C15H11Cl2F3N2O. The van der Waals surface area contributed by atoms with Crippen LogP contribution in [0, 0.1) is 0 Å². The molecule has 0 bridgehead atoms. The van der Waals surface area contributed by atoms with Gasteiger partial charge in [0.2, 0.25) is 5.91 Å². The highest BCUT2D eigenvalue weighted by Crippen LogP contribution is 2.34. The van der Waals surface area contributed by atoms with Crippen molar-refractivity contribution in [3.8, 4) is 0 Å². The highest BCUT2D eigenvalue weighted by atomic mass is 35.5. The van der Waals surface area contributed by atoms with Gasteiger partial charge in [0.05, 0.1) is 33.5 Å². The number of carbonyl (C=O) groups excluding carboxylic acids is 1. The minimum absolute atomic E-state index is 0.234. The molecule has 1 amide bonds. The summed E-state index contributed by atoms with van der Waals surface area (Å²) in [4.78, 5) is 11.8. The van der Waals surface area contributed by atoms with Gasteiger partial charge in [-0.15, -0.1) is 0 Å². The summed E-state index contributed by atoms with van der Waals surface area (Å²) in [6.45, 7) is -0.258. The Kier molecular flexibility index (Phi) is 5.38. The van der Waals surface area contributed by atoms with Crippen molar-refractivity contribution in [3.05, 3.63) is 58.1 Å². The maximum atomic E-state index is 12.8. The summed E-state index contributed by atoms with van der Waals surface area (Å²) in [5, 5.41) is 5.49. The normalized spacial score (nSPS) is 11.2. The van der Waals surface area contributed by atoms with Crippen LogP contribution in [0.4, 0.5) is 24.5 Å². The highest BCUT2D eigenvalue weighted by molar-refractivity contribution is 6.43. The smallest absolute Gasteiger partial charge is 0.375 e. The van der Waals surface area contributed by atoms with Crippen molar-refractivity contribution in [1.82, 2.24) is 0 Å². The van der Waals surface area contributed by atoms with E-state index in [1.807, 2.05) is 0 Å². The van der Waals surface area contributed by atoms with Crippen molar-refractivity contribution < 1.29 is 18.0 Å². The number of rotatable bonds is 4. The lowest BCUT2D eigenvalue weighted by Crippen LogP contribution is -2.23. The fourth-order valence-electron chi connectivity index (χ4n) is 1.85. The average Bonchev–Trinajstić information content (AvgIpc) is 2.48. The molecule has 0 aromatic heterocycles. The van der Waals surface area contributed by atoms with Crippen LogP contribution in [0.15, 0.2) is 42.5 Å². The van der Waals surface area contributed by atoms with Crippen LogP contribution in [-0.2, 0) is 11.0 Å². The molecule has 2 aromatic rings. The number of hydrogen-bond donors (Lipinski definition) is 2. The molecule has 8 heteroatoms. The van der Waals surface area contributed by atoms with Crippen molar-refractivity contribution in [1.29, 1.82) is 0 Å². The van der Waals surface area contributed by atoms with Crippen molar-refractivity contribution in [2.45, 2.75) is 6.18 Å². The van der Waals surface area contributed by atoms with Crippen LogP contribution >= 0.6 is 23.2 Å². The summed E-state index contributed by atoms with van der Waals surface area (Å²) in [5.41, 5.74) is -0.795. The van der Waals surface area contributed by atoms with Crippen molar-refractivity contribution >= 4 is 40.5 Å². The lowest BCUT2D eigenvalue weighted by molar-refractivity contribution is -0.137. The predicted octanol–water partition coefficient (Wildman–Crippen LogP) is 5.06. The monoisotopic (exact) mass is 362 g/mol. The molecule has 2 N–H and O–H groups in total. The quantitative estimate of drug-likeness (QED) is 0.797. The van der Waals surface area contributed by atoms with Gasteiger partial charge in [-0.3, -0.25) is 4.79 Å². The van der Waals surface area contributed by atoms with Crippen molar-refractivity contribution in [2.24, 2.45) is 0 Å². The number of alkyl halides is 3. The number of hydrogen-bond acceptors (Lipinski definition) is 2. The SMILES string of the molecule is O=C(CNc1cccc(Cl)c1Cl)Nc1ccccc1C(F)(F)F. The molecule has 3 nitrogen and oxygen atoms in total. The van der Waals surface area contributed by atoms with Gasteiger partial charge in [-0.05, 0) is 24.3 Å². The van der Waals surface area contributed by atoms with Gasteiger partial charge in [0.15, 0.2) is 0 Å². The van der Waals surface area contributed by atoms with E-state index in [2.05, 4.69) is 10.6 Å². The largest absolute Gasteiger partial charge is 0.418 e. The molecule has 2 rings (SSSR count). The summed E-state index contributed by atoms with van der Waals surface area (Å²) >= 11 is 11.8. The van der Waals surface area contributed by atoms with E-state index in [4.69, 9.17) is 23.2 Å². The first kappa shape index (κ1) is 17.4. The lowest BCUT2D eigenvalue weighted by atomic mass is 10.1. The second-order valence-corrected chi connectivity index (χ2v) is 5.33. The molecule has 0 atom stereocenters. The third-order valence-electron chi connectivity index (χ3n) is 2.90. The van der Waals surface area contributed by atoms with Crippen molar-refractivity contribution in [3.63, 3.8) is 0 Å². The predicted molar refractivity (Wildman–Crippen MR) is 85.0 cm³/mol. The van der Waals surface area contributed by atoms with Crippen molar-refractivity contribution in [2.75, 3.05) is 17.2 Å². The zero-order valence-electron chi connectivity index (χ0n) is 11.5. The molecule has 2 aromatic carbocycles. The maximum Gasteiger partial charge on any atom is 0.418 e. The van der Waals surface area contributed by atoms with Gasteiger partial charge in [0, 0.05) is 0 Å². The summed E-state index contributed by atoms with van der Waals surface area (Å²) in [7, 11) is 0. The van der Waals surface area contributed by atoms with Gasteiger partial charge in [0.25, 0.3) is 0 Å². The molecule has 0 radical (unpaired) electrons. The van der Waals surface area contributed by atoms with Gasteiger partial charge in [-0.25, -0.2) is 0 Å². The first-order valence-electron chi connectivity index (χ1n) is 6.43. The Morgan fingerprint density at radius 3 is 2.35 bits per heavy atom. The zero-order valence-corrected chi connectivity index (χ0v) is 13.1. The van der Waals surface area contributed by atoms with Gasteiger partial charge in [-0.1, -0.05) is 41.4 Å². The fourth-order valence-corrected chi connectivity index (χ4v) is 2.22. The van der Waals surface area contributed by atoms with E-state index in [-0.39, 0.29) is 17.3 Å². The Balaban J connectivity index is 2.05. The molecule has 0 heterocycles. The number of halogens is 5. The number of nitrogens with one attached hydrogen (secondary N) is 2. The number of anilines is 2. The average molecular weight is 363 g/mol. The summed E-state index contributed by atoms with van der Waals surface area (Å²) < 4.78 is 38.5. The third kappa shape index (κ3) is 4.53. The molecule has 0 saturated carbocycles. The first-order chi connectivity index (χ1) is 10.8. The fraction of sp³-hybridized carbons (Fsp3) is 0.133. The standard InChI is InChI=1S/C15H11Cl2F3N2O/c16-10-5-3-7-12(14(10)17)21-8-13(23)22-11-6-2-1-4-9(11)15(18,19)20/h1-7,21H,8H2,(H,22,23). The number of carbonyl (C=O) groups is 1. The summed E-state index contributed by atoms with van der Waals surface area (Å²) in [5.74, 6) is -0.641. The highest BCUT2D eigenvalue weighted by Gasteiger charge is 2.33. The number of benzene rings is 2. The number of amides is 1. The van der Waals surface area contributed by atoms with Gasteiger partial charge >= 0.3 is 6.18 Å². The van der Waals surface area contributed by atoms with Crippen LogP contribution in [0.2, 0.25) is 10.0 Å². The van der Waals surface area contributed by atoms with Crippen LogP contribution in [-0.4, -0.2) is 12.5 Å². The van der Waals surface area contributed by atoms with Gasteiger partial charge < -0.3 is 10.6 Å². The summed E-state index contributed by atoms with van der Waals surface area (Å²) in [6.07, 6.45) is -4.55. The minimum atomic E-state index is -4.55. The van der Waals surface area contributed by atoms with Crippen LogP contribution in [0.5, 0.6) is 0 Å². The Bertz CT molecular complexity index is 720. The molecule has 0 aliphatic heterocycles. The van der Waals surface area contributed by atoms with E-state index in [1.54, 1.807) is 18.2 Å². The Labute approximate surface area is 140 Å². The Hall–Kier alpha value is -1.92. The number of para-hydroxylation sites is 1. The van der Waals surface area contributed by atoms with E-state index < -0.39 is 17.6 Å². The van der Waals surface area contributed by atoms with E-state index >= 15 is 0 Å². The Morgan fingerprint density at radius 1 is 1.00 bits per heavy atom. The molecule has 0 aliphatic carbocycles. The zero-order chi connectivity index (χ0) is 17.0. The lowest BCUT2D eigenvalue weighted by Gasteiger charge is -2.14. The second kappa shape index (κ2) is 7.10. The molecule has 122 valence electrons. The summed E-state index contributed by atoms with van der Waals surface area (Å²) in [6, 6.07) is 9.56. The molecule has 23 heavy (non-hydrogen) atoms. The van der Waals surface area contributed by atoms with Crippen LogP contribution in [0.25, 0.3) is 0 Å². The first-order valence-corrected chi connectivity index (χ1v) is 7.18. The van der Waals surface area contributed by atoms with Gasteiger partial charge in [-0.2, -0.15) is 13.2 Å². The van der Waals surface area contributed by atoms with Gasteiger partial charge in [0.1, 0.15) is 0 Å². The second-order valence-electron chi connectivity index (χ2n) is 4.55. The van der Waals surface area contributed by atoms with E-state index in [9.17, 15) is 18.0 Å². The van der Waals surface area contributed by atoms with E-state index in [1.165, 1.54) is 18.2 Å². The molecule has 0 aliphatic rings. The molecule has 0 unspecified atom stereocenters. The third-order valence-corrected chi connectivity index (χ3v) is 3.72.